The van der Waals surface area contributed by atoms with Gasteiger partial charge in [0, 0.05) is 17.5 Å². The number of carbonyl (C=O) groups excluding carboxylic acids is 1. The Hall–Kier alpha value is -0.940. The molecule has 1 aromatic rings. The Morgan fingerprint density at radius 2 is 2.61 bits per heavy atom. The summed E-state index contributed by atoms with van der Waals surface area (Å²) >= 11 is 1.58. The van der Waals surface area contributed by atoms with Crippen LogP contribution in [-0.2, 0) is 11.3 Å². The largest absolute Gasteiger partial charge is 0.351 e. The molecule has 2 rings (SSSR count). The van der Waals surface area contributed by atoms with Crippen molar-refractivity contribution in [2.24, 2.45) is 11.8 Å². The average Bonchev–Trinajstić information content (AvgIpc) is 2.90. The van der Waals surface area contributed by atoms with E-state index in [1.54, 1.807) is 23.0 Å². The molecule has 2 N–H and O–H groups in total. The highest BCUT2D eigenvalue weighted by Crippen LogP contribution is 2.22. The number of piperidine rings is 1. The summed E-state index contributed by atoms with van der Waals surface area (Å²) in [5.74, 6) is 1.26. The van der Waals surface area contributed by atoms with Crippen molar-refractivity contribution >= 4 is 17.2 Å². The molecule has 1 aliphatic rings. The molecule has 0 spiro atoms. The summed E-state index contributed by atoms with van der Waals surface area (Å²) in [5.41, 5.74) is 1.79. The molecule has 1 aliphatic heterocycles. The van der Waals surface area contributed by atoms with Gasteiger partial charge in [-0.2, -0.15) is 0 Å². The van der Waals surface area contributed by atoms with Gasteiger partial charge < -0.3 is 10.6 Å². The molecule has 2 unspecified atom stereocenters. The van der Waals surface area contributed by atoms with Gasteiger partial charge >= 0.3 is 0 Å². The quantitative estimate of drug-likeness (QED) is 0.855. The molecule has 1 aromatic heterocycles. The van der Waals surface area contributed by atoms with Gasteiger partial charge in [-0.05, 0) is 37.8 Å². The minimum absolute atomic E-state index is 0.154. The number of carbonyl (C=O) groups is 1. The Kier molecular flexibility index (Phi) is 5.13. The summed E-state index contributed by atoms with van der Waals surface area (Å²) in [4.78, 5) is 16.9. The summed E-state index contributed by atoms with van der Waals surface area (Å²) in [6.07, 6.45) is 4.92. The van der Waals surface area contributed by atoms with E-state index in [0.717, 1.165) is 18.0 Å². The van der Waals surface area contributed by atoms with Crippen LogP contribution in [0.3, 0.4) is 0 Å². The van der Waals surface area contributed by atoms with Gasteiger partial charge in [-0.25, -0.2) is 0 Å². The van der Waals surface area contributed by atoms with E-state index < -0.39 is 0 Å². The molecule has 1 amide bonds. The first-order valence-corrected chi connectivity index (χ1v) is 7.48. The van der Waals surface area contributed by atoms with Crippen LogP contribution in [-0.4, -0.2) is 24.0 Å². The second kappa shape index (κ2) is 6.85. The normalized spacial score (nSPS) is 21.5. The Balaban J connectivity index is 1.69. The standard InChI is InChI=1S/C13H21N3OS/c1-10(11-3-2-4-14-6-11)5-13(17)16-8-12-7-15-9-18-12/h7,9-11,14H,2-6,8H2,1H3,(H,16,17). The second-order valence-electron chi connectivity index (χ2n) is 5.03. The average molecular weight is 267 g/mol. The molecule has 0 saturated carbocycles. The van der Waals surface area contributed by atoms with Gasteiger partial charge in [0.25, 0.3) is 0 Å². The topological polar surface area (TPSA) is 54.0 Å². The van der Waals surface area contributed by atoms with Crippen molar-refractivity contribution in [1.82, 2.24) is 15.6 Å². The number of nitrogens with zero attached hydrogens (tertiary/aromatic N) is 1. The molecule has 0 bridgehead atoms. The molecule has 100 valence electrons. The first-order chi connectivity index (χ1) is 8.75. The number of aromatic nitrogens is 1. The van der Waals surface area contributed by atoms with Crippen LogP contribution >= 0.6 is 11.3 Å². The summed E-state index contributed by atoms with van der Waals surface area (Å²) in [6, 6.07) is 0. The van der Waals surface area contributed by atoms with Crippen molar-refractivity contribution in [3.63, 3.8) is 0 Å². The highest BCUT2D eigenvalue weighted by atomic mass is 32.1. The first kappa shape index (κ1) is 13.5. The zero-order valence-corrected chi connectivity index (χ0v) is 11.6. The lowest BCUT2D eigenvalue weighted by atomic mass is 9.85. The Morgan fingerprint density at radius 1 is 1.72 bits per heavy atom. The number of thiazole rings is 1. The molecule has 2 atom stereocenters. The van der Waals surface area contributed by atoms with Crippen LogP contribution in [0.1, 0.15) is 31.1 Å². The van der Waals surface area contributed by atoms with E-state index in [1.807, 2.05) is 0 Å². The molecule has 18 heavy (non-hydrogen) atoms. The van der Waals surface area contributed by atoms with Crippen LogP contribution in [0.25, 0.3) is 0 Å². The van der Waals surface area contributed by atoms with Gasteiger partial charge in [0.2, 0.25) is 5.91 Å². The maximum atomic E-state index is 11.8. The minimum Gasteiger partial charge on any atom is -0.351 e. The molecule has 1 fully saturated rings. The van der Waals surface area contributed by atoms with Crippen LogP contribution in [0.15, 0.2) is 11.7 Å². The van der Waals surface area contributed by atoms with Gasteiger partial charge in [0.05, 0.1) is 12.1 Å². The van der Waals surface area contributed by atoms with Crippen LogP contribution in [0.2, 0.25) is 0 Å². The van der Waals surface area contributed by atoms with E-state index in [0.29, 0.717) is 24.8 Å². The lowest BCUT2D eigenvalue weighted by Gasteiger charge is -2.27. The highest BCUT2D eigenvalue weighted by molar-refractivity contribution is 7.09. The molecular weight excluding hydrogens is 246 g/mol. The number of rotatable bonds is 5. The smallest absolute Gasteiger partial charge is 0.220 e. The van der Waals surface area contributed by atoms with Crippen LogP contribution in [0.4, 0.5) is 0 Å². The van der Waals surface area contributed by atoms with Gasteiger partial charge in [-0.15, -0.1) is 11.3 Å². The first-order valence-electron chi connectivity index (χ1n) is 6.60. The van der Waals surface area contributed by atoms with Crippen molar-refractivity contribution in [3.05, 3.63) is 16.6 Å². The summed E-state index contributed by atoms with van der Waals surface area (Å²) in [6.45, 7) is 4.98. The summed E-state index contributed by atoms with van der Waals surface area (Å²) < 4.78 is 0. The molecule has 0 aliphatic carbocycles. The third-order valence-electron chi connectivity index (χ3n) is 3.59. The van der Waals surface area contributed by atoms with Crippen molar-refractivity contribution < 1.29 is 4.79 Å². The number of hydrogen-bond donors (Lipinski definition) is 2. The van der Waals surface area contributed by atoms with Crippen LogP contribution in [0, 0.1) is 11.8 Å². The van der Waals surface area contributed by atoms with E-state index in [-0.39, 0.29) is 5.91 Å². The fourth-order valence-corrected chi connectivity index (χ4v) is 2.95. The highest BCUT2D eigenvalue weighted by Gasteiger charge is 2.21. The van der Waals surface area contributed by atoms with Crippen LogP contribution < -0.4 is 10.6 Å². The fraction of sp³-hybridized carbons (Fsp3) is 0.692. The predicted octanol–water partition coefficient (Wildman–Crippen LogP) is 1.79. The fourth-order valence-electron chi connectivity index (χ4n) is 2.41. The molecule has 2 heterocycles. The molecule has 1 saturated heterocycles. The zero-order chi connectivity index (χ0) is 12.8. The van der Waals surface area contributed by atoms with Gasteiger partial charge in [0.15, 0.2) is 0 Å². The van der Waals surface area contributed by atoms with E-state index in [2.05, 4.69) is 22.5 Å². The van der Waals surface area contributed by atoms with Gasteiger partial charge in [-0.1, -0.05) is 6.92 Å². The Labute approximate surface area is 112 Å². The molecule has 0 radical (unpaired) electrons. The summed E-state index contributed by atoms with van der Waals surface area (Å²) in [7, 11) is 0. The lowest BCUT2D eigenvalue weighted by molar-refractivity contribution is -0.122. The molecule has 5 heteroatoms. The molecule has 4 nitrogen and oxygen atoms in total. The minimum atomic E-state index is 0.154. The van der Waals surface area contributed by atoms with E-state index in [9.17, 15) is 4.79 Å². The zero-order valence-electron chi connectivity index (χ0n) is 10.8. The third-order valence-corrected chi connectivity index (χ3v) is 4.37. The second-order valence-corrected chi connectivity index (χ2v) is 6.00. The van der Waals surface area contributed by atoms with Crippen molar-refractivity contribution in [2.45, 2.75) is 32.7 Å². The van der Waals surface area contributed by atoms with Crippen molar-refractivity contribution in [3.8, 4) is 0 Å². The lowest BCUT2D eigenvalue weighted by Crippen LogP contribution is -2.35. The maximum Gasteiger partial charge on any atom is 0.220 e. The Morgan fingerprint density at radius 3 is 3.28 bits per heavy atom. The van der Waals surface area contributed by atoms with Gasteiger partial charge in [0.1, 0.15) is 0 Å². The van der Waals surface area contributed by atoms with E-state index in [1.165, 1.54) is 12.8 Å². The molecular formula is C13H21N3OS. The van der Waals surface area contributed by atoms with Crippen LogP contribution in [0.5, 0.6) is 0 Å². The third kappa shape index (κ3) is 4.07. The van der Waals surface area contributed by atoms with Gasteiger partial charge in [-0.3, -0.25) is 9.78 Å². The Bertz CT molecular complexity index is 360. The molecule has 0 aromatic carbocycles. The SMILES string of the molecule is CC(CC(=O)NCc1cncs1)C1CCCNC1. The number of nitrogens with one attached hydrogen (secondary N) is 2. The van der Waals surface area contributed by atoms with Crippen molar-refractivity contribution in [1.29, 1.82) is 0 Å². The van der Waals surface area contributed by atoms with Crippen molar-refractivity contribution in [2.75, 3.05) is 13.1 Å². The predicted molar refractivity (Wildman–Crippen MR) is 73.3 cm³/mol. The number of hydrogen-bond acceptors (Lipinski definition) is 4. The number of amides is 1. The van der Waals surface area contributed by atoms with E-state index in [4.69, 9.17) is 0 Å². The van der Waals surface area contributed by atoms with E-state index >= 15 is 0 Å². The maximum absolute atomic E-state index is 11.8. The summed E-state index contributed by atoms with van der Waals surface area (Å²) in [5, 5.41) is 6.37. The monoisotopic (exact) mass is 267 g/mol.